The highest BCUT2D eigenvalue weighted by Gasteiger charge is 2.46. The predicted octanol–water partition coefficient (Wildman–Crippen LogP) is 3.59. The summed E-state index contributed by atoms with van der Waals surface area (Å²) in [5, 5.41) is 0. The summed E-state index contributed by atoms with van der Waals surface area (Å²) in [4.78, 5) is 1.39. The van der Waals surface area contributed by atoms with Crippen LogP contribution in [0.3, 0.4) is 0 Å². The van der Waals surface area contributed by atoms with Gasteiger partial charge in [0.2, 0.25) is 5.51 Å². The second kappa shape index (κ2) is 8.67. The molecule has 1 heterocycles. The van der Waals surface area contributed by atoms with Crippen molar-refractivity contribution in [2.75, 3.05) is 0 Å². The minimum absolute atomic E-state index is 0.778. The Bertz CT molecular complexity index is 796. The van der Waals surface area contributed by atoms with E-state index in [0.29, 0.717) is 0 Å². The number of alkyl halides is 6. The molecule has 0 aliphatic carbocycles. The number of aromatic nitrogens is 1. The van der Waals surface area contributed by atoms with Crippen LogP contribution in [0.2, 0.25) is 0 Å². The third-order valence-corrected chi connectivity index (χ3v) is 6.24. The molecule has 0 atom stereocenters. The molecule has 0 spiro atoms. The van der Waals surface area contributed by atoms with Crippen LogP contribution in [0.5, 0.6) is 0 Å². The first kappa shape index (κ1) is 24.8. The molecule has 6 nitrogen and oxygen atoms in total. The van der Waals surface area contributed by atoms with Crippen molar-refractivity contribution in [3.63, 3.8) is 0 Å². The Morgan fingerprint density at radius 3 is 1.73 bits per heavy atom. The Kier molecular flexibility index (Phi) is 8.27. The van der Waals surface area contributed by atoms with Crippen molar-refractivity contribution in [2.24, 2.45) is 0 Å². The number of rotatable bonds is 4. The Hall–Kier alpha value is -1.19. The maximum atomic E-state index is 11.4. The maximum Gasteiger partial charge on any atom is 0.480 e. The van der Waals surface area contributed by atoms with Crippen LogP contribution >= 0.6 is 11.3 Å². The molecule has 26 heavy (non-hydrogen) atoms. The molecule has 0 N–H and O–H groups in total. The Morgan fingerprint density at radius 1 is 1.04 bits per heavy atom. The Morgan fingerprint density at radius 2 is 1.46 bits per heavy atom. The van der Waals surface area contributed by atoms with Gasteiger partial charge in [-0.05, 0) is 19.4 Å². The minimum atomic E-state index is -6.72. The summed E-state index contributed by atoms with van der Waals surface area (Å²) < 4.78 is 111. The molecule has 0 saturated heterocycles. The maximum absolute atomic E-state index is 11.4. The number of allylic oxidation sites excluding steroid dienone is 1. The molecule has 0 aliphatic heterocycles. The van der Waals surface area contributed by atoms with Crippen molar-refractivity contribution in [3.8, 4) is 0 Å². The molecular weight excluding hydrogens is 434 g/mol. The second-order valence-corrected chi connectivity index (χ2v) is 8.96. The van der Waals surface area contributed by atoms with Crippen molar-refractivity contribution < 1.29 is 47.7 Å². The smallest absolute Gasteiger partial charge is 0.421 e. The van der Waals surface area contributed by atoms with E-state index in [9.17, 15) is 43.2 Å². The summed E-state index contributed by atoms with van der Waals surface area (Å²) in [5.74, 6) is 0. The average molecular weight is 448 g/mol. The van der Waals surface area contributed by atoms with Gasteiger partial charge in [0.1, 0.15) is 0 Å². The van der Waals surface area contributed by atoms with E-state index in [-0.39, 0.29) is 0 Å². The Balaban J connectivity index is 0.000000502. The summed E-state index contributed by atoms with van der Waals surface area (Å²) in [7, 11) is -13.4. The number of hydrogen-bond acceptors (Lipinski definition) is 5. The molecule has 0 unspecified atom stereocenters. The lowest BCUT2D eigenvalue weighted by atomic mass is 10.4. The molecule has 152 valence electrons. The largest absolute Gasteiger partial charge is 0.480 e. The molecule has 0 saturated carbocycles. The molecule has 0 bridgehead atoms. The van der Waals surface area contributed by atoms with Crippen molar-refractivity contribution >= 4 is 37.6 Å². The molecule has 1 rings (SSSR count). The van der Waals surface area contributed by atoms with Crippen LogP contribution in [0.1, 0.15) is 23.9 Å². The average Bonchev–Trinajstić information content (AvgIpc) is 2.73. The fourth-order valence-corrected chi connectivity index (χ4v) is 3.55. The quantitative estimate of drug-likeness (QED) is 0.520. The topological polar surface area (TPSA) is 86.3 Å². The SMILES string of the molecule is CCC=C[n+]1csc(C)c1C.O=S(=O)([N-]S(=O)(=O)C(F)(F)F)C(F)(F)F. The highest BCUT2D eigenvalue weighted by molar-refractivity contribution is 8.13. The zero-order valence-electron chi connectivity index (χ0n) is 13.5. The molecule has 0 fully saturated rings. The van der Waals surface area contributed by atoms with Crippen LogP contribution < -0.4 is 4.57 Å². The van der Waals surface area contributed by atoms with Gasteiger partial charge in [-0.1, -0.05) is 18.3 Å². The third-order valence-electron chi connectivity index (χ3n) is 2.52. The summed E-state index contributed by atoms with van der Waals surface area (Å²) >= 11 is 1.79. The van der Waals surface area contributed by atoms with Gasteiger partial charge in [0.15, 0.2) is 31.9 Å². The van der Waals surface area contributed by atoms with Gasteiger partial charge >= 0.3 is 11.0 Å². The molecule has 1 aromatic rings. The van der Waals surface area contributed by atoms with Gasteiger partial charge in [-0.3, -0.25) is 0 Å². The zero-order valence-corrected chi connectivity index (χ0v) is 15.9. The van der Waals surface area contributed by atoms with E-state index in [2.05, 4.69) is 43.1 Å². The lowest BCUT2D eigenvalue weighted by Crippen LogP contribution is -2.30. The van der Waals surface area contributed by atoms with E-state index in [1.54, 1.807) is 11.3 Å². The third kappa shape index (κ3) is 6.85. The normalized spacial score (nSPS) is 13.6. The summed E-state index contributed by atoms with van der Waals surface area (Å²) in [6.07, 6.45) is 5.39. The van der Waals surface area contributed by atoms with Crippen LogP contribution in [0, 0.1) is 13.8 Å². The summed E-state index contributed by atoms with van der Waals surface area (Å²) in [6, 6.07) is 0. The van der Waals surface area contributed by atoms with E-state index < -0.39 is 31.1 Å². The van der Waals surface area contributed by atoms with Gasteiger partial charge in [0.25, 0.3) is 0 Å². The van der Waals surface area contributed by atoms with Crippen LogP contribution in [-0.2, 0) is 20.0 Å². The van der Waals surface area contributed by atoms with E-state index in [4.69, 9.17) is 0 Å². The van der Waals surface area contributed by atoms with Crippen molar-refractivity contribution in [1.82, 2.24) is 0 Å². The molecule has 0 radical (unpaired) electrons. The molecule has 0 aromatic carbocycles. The van der Waals surface area contributed by atoms with Gasteiger partial charge in [0, 0.05) is 6.92 Å². The first-order valence-electron chi connectivity index (χ1n) is 6.45. The highest BCUT2D eigenvalue weighted by atomic mass is 32.3. The van der Waals surface area contributed by atoms with Gasteiger partial charge in [0.05, 0.1) is 4.88 Å². The first-order valence-corrected chi connectivity index (χ1v) is 10.2. The van der Waals surface area contributed by atoms with Crippen LogP contribution in [0.4, 0.5) is 26.3 Å². The monoisotopic (exact) mass is 448 g/mol. The van der Waals surface area contributed by atoms with Gasteiger partial charge < -0.3 is 4.13 Å². The van der Waals surface area contributed by atoms with Gasteiger partial charge in [-0.15, -0.1) is 0 Å². The number of sulfonamides is 2. The van der Waals surface area contributed by atoms with Crippen LogP contribution in [0.15, 0.2) is 11.6 Å². The first-order chi connectivity index (χ1) is 11.5. The second-order valence-electron chi connectivity index (χ2n) is 4.48. The minimum Gasteiger partial charge on any atom is -0.421 e. The molecule has 0 amide bonds. The van der Waals surface area contributed by atoms with Gasteiger partial charge in [-0.25, -0.2) is 16.8 Å². The lowest BCUT2D eigenvalue weighted by Gasteiger charge is -2.22. The number of halogens is 6. The zero-order chi connectivity index (χ0) is 21.0. The molecular formula is C11H14F6N2O4S3. The number of hydrogen-bond donors (Lipinski definition) is 0. The van der Waals surface area contributed by atoms with E-state index in [1.807, 2.05) is 0 Å². The fourth-order valence-electron chi connectivity index (χ4n) is 1.06. The van der Waals surface area contributed by atoms with E-state index in [1.165, 1.54) is 10.6 Å². The van der Waals surface area contributed by atoms with Crippen molar-refractivity contribution in [3.05, 3.63) is 26.3 Å². The molecule has 0 aliphatic rings. The lowest BCUT2D eigenvalue weighted by molar-refractivity contribution is -0.570. The summed E-state index contributed by atoms with van der Waals surface area (Å²) in [6.45, 7) is 6.44. The van der Waals surface area contributed by atoms with Crippen molar-refractivity contribution in [1.29, 1.82) is 0 Å². The highest BCUT2D eigenvalue weighted by Crippen LogP contribution is 2.36. The standard InChI is InChI=1S/C9H14NS.C2F6NO4S2/c1-4-5-6-10-7-11-9(3)8(10)2;3-1(4,5)14(10,11)9-15(12,13)2(6,7)8/h5-7H,4H2,1-3H3;/q+1;-1. The van der Waals surface area contributed by atoms with Gasteiger partial charge in [-0.2, -0.15) is 30.9 Å². The number of thiazole rings is 1. The number of nitrogens with zero attached hydrogens (tertiary/aromatic N) is 2. The van der Waals surface area contributed by atoms with Crippen LogP contribution in [0.25, 0.3) is 10.3 Å². The van der Waals surface area contributed by atoms with E-state index in [0.717, 1.165) is 10.5 Å². The molecule has 15 heteroatoms. The fraction of sp³-hybridized carbons (Fsp3) is 0.545. The van der Waals surface area contributed by atoms with Crippen molar-refractivity contribution in [2.45, 2.75) is 38.2 Å². The molecule has 1 aromatic heterocycles. The van der Waals surface area contributed by atoms with Crippen LogP contribution in [-0.4, -0.2) is 27.9 Å². The number of aryl methyl sites for hydroxylation is 1. The van der Waals surface area contributed by atoms with E-state index >= 15 is 0 Å². The Labute approximate surface area is 150 Å². The predicted molar refractivity (Wildman–Crippen MR) is 82.9 cm³/mol. The summed E-state index contributed by atoms with van der Waals surface area (Å²) in [5.41, 5.74) is -8.92.